The summed E-state index contributed by atoms with van der Waals surface area (Å²) in [4.78, 5) is 26.4. The molecule has 5 heteroatoms. The van der Waals surface area contributed by atoms with Gasteiger partial charge in [0.05, 0.1) is 36.0 Å². The van der Waals surface area contributed by atoms with Crippen LogP contribution in [0.5, 0.6) is 5.75 Å². The Hall–Kier alpha value is -4.38. The zero-order chi connectivity index (χ0) is 23.7. The average Bonchev–Trinajstić information content (AvgIpc) is 3.29. The molecule has 0 aliphatic carbocycles. The first-order valence-corrected chi connectivity index (χ1v) is 11.1. The quantitative estimate of drug-likeness (QED) is 0.230. The highest BCUT2D eigenvalue weighted by Gasteiger charge is 2.23. The van der Waals surface area contributed by atoms with Crippen molar-refractivity contribution in [2.24, 2.45) is 0 Å². The minimum atomic E-state index is -0.452. The van der Waals surface area contributed by atoms with E-state index in [0.717, 1.165) is 22.0 Å². The summed E-state index contributed by atoms with van der Waals surface area (Å²) in [6.07, 6.45) is 0. The van der Waals surface area contributed by atoms with Gasteiger partial charge in [-0.05, 0) is 48.4 Å². The lowest BCUT2D eigenvalue weighted by Gasteiger charge is -2.09. The lowest BCUT2D eigenvalue weighted by Crippen LogP contribution is -2.06. The average molecular weight is 450 g/mol. The maximum atomic E-state index is 13.7. The lowest BCUT2D eigenvalue weighted by atomic mass is 10.0. The molecule has 0 aliphatic heterocycles. The molecule has 0 saturated heterocycles. The highest BCUT2D eigenvalue weighted by Crippen LogP contribution is 2.29. The van der Waals surface area contributed by atoms with E-state index < -0.39 is 5.97 Å². The Bertz CT molecular complexity index is 1520. The molecule has 2 aromatic heterocycles. The van der Waals surface area contributed by atoms with E-state index in [1.165, 1.54) is 0 Å². The van der Waals surface area contributed by atoms with Crippen molar-refractivity contribution in [3.05, 3.63) is 108 Å². The lowest BCUT2D eigenvalue weighted by molar-refractivity contribution is 0.0529. The molecule has 3 aromatic carbocycles. The number of pyridine rings is 1. The van der Waals surface area contributed by atoms with Crippen LogP contribution in [0.25, 0.3) is 27.5 Å². The molecular formula is C29H23NO4. The molecule has 0 N–H and O–H groups in total. The van der Waals surface area contributed by atoms with Gasteiger partial charge in [0.1, 0.15) is 5.75 Å². The van der Waals surface area contributed by atoms with Crippen molar-refractivity contribution in [1.29, 1.82) is 0 Å². The smallest absolute Gasteiger partial charge is 0.340 e. The molecule has 0 radical (unpaired) electrons. The molecular weight excluding hydrogens is 426 g/mol. The molecule has 0 saturated carbocycles. The Kier molecular flexibility index (Phi) is 5.60. The Morgan fingerprint density at radius 1 is 0.794 bits per heavy atom. The van der Waals surface area contributed by atoms with Gasteiger partial charge >= 0.3 is 5.97 Å². The van der Waals surface area contributed by atoms with Crippen LogP contribution < -0.4 is 4.74 Å². The number of fused-ring (bicyclic) bond motifs is 3. The summed E-state index contributed by atoms with van der Waals surface area (Å²) in [6, 6.07) is 28.5. The largest absolute Gasteiger partial charge is 0.497 e. The Labute approximate surface area is 197 Å². The van der Waals surface area contributed by atoms with Crippen molar-refractivity contribution >= 4 is 28.2 Å². The van der Waals surface area contributed by atoms with Crippen molar-refractivity contribution in [3.8, 4) is 16.9 Å². The van der Waals surface area contributed by atoms with E-state index in [-0.39, 0.29) is 12.4 Å². The van der Waals surface area contributed by atoms with Gasteiger partial charge in [0.25, 0.3) is 0 Å². The molecule has 0 unspecified atom stereocenters. The van der Waals surface area contributed by atoms with Gasteiger partial charge < -0.3 is 13.9 Å². The maximum absolute atomic E-state index is 13.7. The number of carbonyl (C=O) groups excluding carboxylic acids is 2. The van der Waals surface area contributed by atoms with Gasteiger partial charge in [-0.2, -0.15) is 0 Å². The van der Waals surface area contributed by atoms with Crippen molar-refractivity contribution in [3.63, 3.8) is 0 Å². The summed E-state index contributed by atoms with van der Waals surface area (Å²) in [6.45, 7) is 2.02. The molecule has 0 atom stereocenters. The first kappa shape index (κ1) is 21.5. The molecule has 0 fully saturated rings. The van der Waals surface area contributed by atoms with Crippen molar-refractivity contribution in [2.45, 2.75) is 6.92 Å². The third-order valence-electron chi connectivity index (χ3n) is 5.92. The van der Waals surface area contributed by atoms with Crippen molar-refractivity contribution < 1.29 is 19.1 Å². The number of ketones is 1. The van der Waals surface area contributed by atoms with Crippen LogP contribution in [0.3, 0.4) is 0 Å². The number of hydrogen-bond donors (Lipinski definition) is 0. The normalized spacial score (nSPS) is 11.0. The van der Waals surface area contributed by atoms with Gasteiger partial charge in [0.2, 0.25) is 5.78 Å². The molecule has 0 spiro atoms. The summed E-state index contributed by atoms with van der Waals surface area (Å²) in [5.41, 5.74) is 4.85. The van der Waals surface area contributed by atoms with E-state index in [1.54, 1.807) is 20.1 Å². The second-order valence-electron chi connectivity index (χ2n) is 7.91. The van der Waals surface area contributed by atoms with E-state index in [0.29, 0.717) is 28.1 Å². The number of aromatic nitrogens is 1. The Morgan fingerprint density at radius 3 is 2.21 bits per heavy atom. The van der Waals surface area contributed by atoms with Crippen LogP contribution in [0.15, 0.2) is 91.0 Å². The number of methoxy groups -OCH3 is 1. The molecule has 5 nitrogen and oxygen atoms in total. The molecule has 168 valence electrons. The highest BCUT2D eigenvalue weighted by molar-refractivity contribution is 6.12. The van der Waals surface area contributed by atoms with Gasteiger partial charge in [0.15, 0.2) is 0 Å². The van der Waals surface area contributed by atoms with Crippen LogP contribution in [0.4, 0.5) is 0 Å². The van der Waals surface area contributed by atoms with Crippen LogP contribution >= 0.6 is 0 Å². The third-order valence-corrected chi connectivity index (χ3v) is 5.92. The van der Waals surface area contributed by atoms with Gasteiger partial charge in [-0.3, -0.25) is 4.79 Å². The van der Waals surface area contributed by atoms with Gasteiger partial charge in [-0.1, -0.05) is 60.7 Å². The third kappa shape index (κ3) is 3.71. The van der Waals surface area contributed by atoms with Gasteiger partial charge in [-0.25, -0.2) is 4.79 Å². The SMILES string of the molecule is CCOC(=O)c1cc(C(=O)c2ccc(-c3ccccc3)cc2)n2c1ccc1cc(OC)ccc12. The zero-order valence-corrected chi connectivity index (χ0v) is 18.9. The van der Waals surface area contributed by atoms with Crippen LogP contribution in [0.2, 0.25) is 0 Å². The summed E-state index contributed by atoms with van der Waals surface area (Å²) in [5, 5.41) is 0.895. The Balaban J connectivity index is 1.66. The number of benzene rings is 3. The fraction of sp³-hybridized carbons (Fsp3) is 0.103. The van der Waals surface area contributed by atoms with Crippen LogP contribution in [0, 0.1) is 0 Å². The first-order valence-electron chi connectivity index (χ1n) is 11.1. The highest BCUT2D eigenvalue weighted by atomic mass is 16.5. The number of carbonyl (C=O) groups is 2. The maximum Gasteiger partial charge on any atom is 0.340 e. The number of hydrogen-bond acceptors (Lipinski definition) is 4. The minimum Gasteiger partial charge on any atom is -0.497 e. The molecule has 2 heterocycles. The first-order chi connectivity index (χ1) is 16.6. The number of ether oxygens (including phenoxy) is 2. The molecule has 0 bridgehead atoms. The van der Waals surface area contributed by atoms with Crippen LogP contribution in [-0.2, 0) is 4.74 Å². The zero-order valence-electron chi connectivity index (χ0n) is 18.9. The monoisotopic (exact) mass is 449 g/mol. The van der Waals surface area contributed by atoms with Crippen molar-refractivity contribution in [1.82, 2.24) is 4.40 Å². The van der Waals surface area contributed by atoms with E-state index >= 15 is 0 Å². The number of rotatable bonds is 6. The summed E-state index contributed by atoms with van der Waals surface area (Å²) in [5.74, 6) is 0.0915. The Morgan fingerprint density at radius 2 is 1.50 bits per heavy atom. The topological polar surface area (TPSA) is 57.0 Å². The van der Waals surface area contributed by atoms with Crippen LogP contribution in [-0.4, -0.2) is 29.9 Å². The second kappa shape index (κ2) is 8.87. The van der Waals surface area contributed by atoms with Gasteiger partial charge in [-0.15, -0.1) is 0 Å². The predicted molar refractivity (Wildman–Crippen MR) is 133 cm³/mol. The van der Waals surface area contributed by atoms with Crippen LogP contribution in [0.1, 0.15) is 33.3 Å². The summed E-state index contributed by atoms with van der Waals surface area (Å²) >= 11 is 0. The molecule has 0 aliphatic rings. The van der Waals surface area contributed by atoms with E-state index in [2.05, 4.69) is 0 Å². The second-order valence-corrected chi connectivity index (χ2v) is 7.91. The number of esters is 1. The van der Waals surface area contributed by atoms with Gasteiger partial charge in [0, 0.05) is 10.9 Å². The minimum absolute atomic E-state index is 0.173. The molecule has 5 aromatic rings. The van der Waals surface area contributed by atoms with E-state index in [1.807, 2.05) is 89.3 Å². The fourth-order valence-corrected chi connectivity index (χ4v) is 4.25. The molecule has 0 amide bonds. The van der Waals surface area contributed by atoms with E-state index in [4.69, 9.17) is 9.47 Å². The predicted octanol–water partition coefficient (Wildman–Crippen LogP) is 6.18. The number of nitrogens with zero attached hydrogens (tertiary/aromatic N) is 1. The molecule has 34 heavy (non-hydrogen) atoms. The summed E-state index contributed by atoms with van der Waals surface area (Å²) in [7, 11) is 1.61. The van der Waals surface area contributed by atoms with E-state index in [9.17, 15) is 9.59 Å². The molecule has 5 rings (SSSR count). The van der Waals surface area contributed by atoms with Crippen molar-refractivity contribution in [2.75, 3.05) is 13.7 Å². The summed E-state index contributed by atoms with van der Waals surface area (Å²) < 4.78 is 12.4. The fourth-order valence-electron chi connectivity index (χ4n) is 4.25. The standard InChI is InChI=1S/C29H23NO4/c1-3-34-29(32)24-18-27(30-25-16-14-23(33-2)17-22(25)13-15-26(24)30)28(31)21-11-9-20(10-12-21)19-7-5-4-6-8-19/h4-18H,3H2,1-2H3.